The van der Waals surface area contributed by atoms with Crippen molar-refractivity contribution in [2.45, 2.75) is 13.5 Å². The predicted molar refractivity (Wildman–Crippen MR) is 110 cm³/mol. The average molecular weight is 417 g/mol. The zero-order chi connectivity index (χ0) is 19.1. The first kappa shape index (κ1) is 17.9. The van der Waals surface area contributed by atoms with Gasteiger partial charge in [-0.1, -0.05) is 29.8 Å². The fraction of sp³-hybridized carbons (Fsp3) is 0.105. The molecule has 0 radical (unpaired) electrons. The molecule has 5 nitrogen and oxygen atoms in total. The van der Waals surface area contributed by atoms with Crippen LogP contribution in [0.25, 0.3) is 15.9 Å². The van der Waals surface area contributed by atoms with E-state index >= 15 is 0 Å². The second kappa shape index (κ2) is 6.92. The summed E-state index contributed by atoms with van der Waals surface area (Å²) in [6.45, 7) is 1.71. The lowest BCUT2D eigenvalue weighted by Crippen LogP contribution is -2.39. The molecule has 4 rings (SSSR count). The van der Waals surface area contributed by atoms with Gasteiger partial charge in [-0.05, 0) is 37.3 Å². The van der Waals surface area contributed by atoms with Crippen molar-refractivity contribution in [3.05, 3.63) is 83.5 Å². The Bertz CT molecular complexity index is 1280. The van der Waals surface area contributed by atoms with Gasteiger partial charge in [0.25, 0.3) is 5.56 Å². The highest BCUT2D eigenvalue weighted by atomic mass is 35.5. The molecule has 0 fully saturated rings. The van der Waals surface area contributed by atoms with Gasteiger partial charge in [0.05, 0.1) is 26.8 Å². The first-order valence-electron chi connectivity index (χ1n) is 8.05. The van der Waals surface area contributed by atoms with E-state index in [9.17, 15) is 14.4 Å². The molecule has 0 saturated carbocycles. The first-order chi connectivity index (χ1) is 13.0. The van der Waals surface area contributed by atoms with Crippen molar-refractivity contribution in [3.8, 4) is 5.69 Å². The monoisotopic (exact) mass is 416 g/mol. The Morgan fingerprint density at radius 2 is 1.81 bits per heavy atom. The Labute approximate surface area is 166 Å². The van der Waals surface area contributed by atoms with Crippen LogP contribution >= 0.6 is 34.3 Å². The Morgan fingerprint density at radius 1 is 1.07 bits per heavy atom. The summed E-state index contributed by atoms with van der Waals surface area (Å²) in [4.78, 5) is 40.6. The van der Waals surface area contributed by atoms with E-state index in [-0.39, 0.29) is 17.9 Å². The van der Waals surface area contributed by atoms with Crippen molar-refractivity contribution >= 4 is 50.3 Å². The number of hydrogen-bond donors (Lipinski definition) is 0. The number of carbonyl (C=O) groups excluding carboxylic acids is 1. The van der Waals surface area contributed by atoms with Crippen LogP contribution in [-0.4, -0.2) is 14.9 Å². The van der Waals surface area contributed by atoms with E-state index in [2.05, 4.69) is 0 Å². The highest BCUT2D eigenvalue weighted by Crippen LogP contribution is 2.24. The van der Waals surface area contributed by atoms with Crippen LogP contribution in [0.3, 0.4) is 0 Å². The van der Waals surface area contributed by atoms with Gasteiger partial charge < -0.3 is 0 Å². The summed E-state index contributed by atoms with van der Waals surface area (Å²) in [7, 11) is 0. The molecule has 27 heavy (non-hydrogen) atoms. The summed E-state index contributed by atoms with van der Waals surface area (Å²) >= 11 is 8.42. The van der Waals surface area contributed by atoms with E-state index in [1.54, 1.807) is 42.5 Å². The summed E-state index contributed by atoms with van der Waals surface area (Å²) in [5.74, 6) is -0.223. The second-order valence-electron chi connectivity index (χ2n) is 5.95. The molecule has 4 aromatic rings. The minimum atomic E-state index is -0.531. The number of hydrogen-bond acceptors (Lipinski definition) is 5. The number of ketones is 1. The van der Waals surface area contributed by atoms with E-state index in [1.807, 2.05) is 13.0 Å². The Hall–Kier alpha value is -2.48. The summed E-state index contributed by atoms with van der Waals surface area (Å²) in [5, 5.41) is 0.429. The van der Waals surface area contributed by atoms with Gasteiger partial charge in [0.15, 0.2) is 5.78 Å². The third-order valence-corrected chi connectivity index (χ3v) is 6.45. The van der Waals surface area contributed by atoms with Crippen LogP contribution in [0.5, 0.6) is 0 Å². The van der Waals surface area contributed by atoms with Crippen molar-refractivity contribution in [3.63, 3.8) is 0 Å². The number of aryl methyl sites for hydroxylation is 1. The van der Waals surface area contributed by atoms with Gasteiger partial charge in [-0.15, -0.1) is 22.7 Å². The normalized spacial score (nSPS) is 11.2. The van der Waals surface area contributed by atoms with Crippen molar-refractivity contribution < 1.29 is 4.79 Å². The van der Waals surface area contributed by atoms with Crippen LogP contribution in [0.4, 0.5) is 0 Å². The number of carbonyl (C=O) groups is 1. The van der Waals surface area contributed by atoms with Gasteiger partial charge in [-0.3, -0.25) is 14.2 Å². The maximum atomic E-state index is 13.1. The third kappa shape index (κ3) is 3.18. The number of aromatic nitrogens is 2. The number of thiophene rings is 2. The number of benzene rings is 1. The smallest absolute Gasteiger partial charge is 0.291 e. The highest BCUT2D eigenvalue weighted by Gasteiger charge is 2.19. The van der Waals surface area contributed by atoms with Gasteiger partial charge in [-0.25, -0.2) is 9.36 Å². The zero-order valence-corrected chi connectivity index (χ0v) is 16.5. The summed E-state index contributed by atoms with van der Waals surface area (Å²) in [6.07, 6.45) is 0. The average Bonchev–Trinajstić information content (AvgIpc) is 3.25. The summed E-state index contributed by atoms with van der Waals surface area (Å²) in [6, 6.07) is 13.8. The summed E-state index contributed by atoms with van der Waals surface area (Å²) < 4.78 is 3.00. The molecule has 136 valence electrons. The number of rotatable bonds is 4. The van der Waals surface area contributed by atoms with Crippen LogP contribution < -0.4 is 11.2 Å². The van der Waals surface area contributed by atoms with Crippen LogP contribution in [-0.2, 0) is 6.54 Å². The lowest BCUT2D eigenvalue weighted by Gasteiger charge is -2.11. The van der Waals surface area contributed by atoms with E-state index in [1.165, 1.54) is 27.2 Å². The van der Waals surface area contributed by atoms with E-state index in [0.717, 1.165) is 9.44 Å². The quantitative estimate of drug-likeness (QED) is 0.470. The van der Waals surface area contributed by atoms with Crippen molar-refractivity contribution in [2.24, 2.45) is 0 Å². The fourth-order valence-corrected chi connectivity index (χ4v) is 4.86. The molecule has 3 heterocycles. The minimum Gasteiger partial charge on any atom is -0.291 e. The molecule has 0 bridgehead atoms. The number of fused-ring (bicyclic) bond motifs is 1. The summed E-state index contributed by atoms with van der Waals surface area (Å²) in [5.41, 5.74) is -0.441. The molecule has 0 aliphatic heterocycles. The van der Waals surface area contributed by atoms with Crippen LogP contribution in [0.15, 0.2) is 58.1 Å². The molecule has 0 atom stereocenters. The molecule has 0 saturated heterocycles. The van der Waals surface area contributed by atoms with Crippen molar-refractivity contribution in [2.75, 3.05) is 0 Å². The SMILES string of the molecule is Cc1cc2c(=O)n(-c3ccccc3)c(=O)n(CC(=O)c3ccc(Cl)s3)c2s1. The standard InChI is InChI=1S/C19H13ClN2O3S2/c1-11-9-13-17(24)22(12-5-3-2-4-6-12)19(25)21(18(13)26-11)10-14(23)15-7-8-16(20)27-15/h2-9H,10H2,1H3. The topological polar surface area (TPSA) is 61.1 Å². The lowest BCUT2D eigenvalue weighted by atomic mass is 10.3. The number of para-hydroxylation sites is 1. The molecular weight excluding hydrogens is 404 g/mol. The maximum absolute atomic E-state index is 13.1. The minimum absolute atomic E-state index is 0.154. The molecule has 0 aliphatic carbocycles. The molecule has 1 aromatic carbocycles. The molecule has 0 aliphatic rings. The maximum Gasteiger partial charge on any atom is 0.337 e. The molecule has 8 heteroatoms. The molecular formula is C19H13ClN2O3S2. The van der Waals surface area contributed by atoms with Crippen LogP contribution in [0.1, 0.15) is 14.5 Å². The lowest BCUT2D eigenvalue weighted by molar-refractivity contribution is 0.0975. The second-order valence-corrected chi connectivity index (χ2v) is 8.90. The Kier molecular flexibility index (Phi) is 4.59. The van der Waals surface area contributed by atoms with Gasteiger partial charge >= 0.3 is 5.69 Å². The predicted octanol–water partition coefficient (Wildman–Crippen LogP) is 4.12. The molecule has 0 spiro atoms. The van der Waals surface area contributed by atoms with E-state index in [4.69, 9.17) is 11.6 Å². The first-order valence-corrected chi connectivity index (χ1v) is 10.1. The van der Waals surface area contributed by atoms with Crippen molar-refractivity contribution in [1.82, 2.24) is 9.13 Å². The van der Waals surface area contributed by atoms with Gasteiger partial charge in [0, 0.05) is 4.88 Å². The fourth-order valence-electron chi connectivity index (χ4n) is 2.90. The van der Waals surface area contributed by atoms with Crippen LogP contribution in [0, 0.1) is 6.92 Å². The van der Waals surface area contributed by atoms with Crippen LogP contribution in [0.2, 0.25) is 4.34 Å². The van der Waals surface area contributed by atoms with Gasteiger partial charge in [-0.2, -0.15) is 0 Å². The molecule has 3 aromatic heterocycles. The van der Waals surface area contributed by atoms with Gasteiger partial charge in [0.2, 0.25) is 0 Å². The number of nitrogens with zero attached hydrogens (tertiary/aromatic N) is 2. The third-order valence-electron chi connectivity index (χ3n) is 4.10. The number of halogens is 1. The highest BCUT2D eigenvalue weighted by molar-refractivity contribution is 7.18. The van der Waals surface area contributed by atoms with Crippen molar-refractivity contribution in [1.29, 1.82) is 0 Å². The molecule has 0 unspecified atom stereocenters. The molecule has 0 N–H and O–H groups in total. The van der Waals surface area contributed by atoms with Gasteiger partial charge in [0.1, 0.15) is 4.83 Å². The van der Waals surface area contributed by atoms with E-state index in [0.29, 0.717) is 25.1 Å². The Balaban J connectivity index is 1.95. The zero-order valence-electron chi connectivity index (χ0n) is 14.1. The largest absolute Gasteiger partial charge is 0.337 e. The molecule has 0 amide bonds. The van der Waals surface area contributed by atoms with E-state index < -0.39 is 5.69 Å². The Morgan fingerprint density at radius 3 is 2.48 bits per heavy atom. The number of Topliss-reactive ketones (excluding diaryl/α,β-unsaturated/α-hetero) is 1.